The summed E-state index contributed by atoms with van der Waals surface area (Å²) in [6.45, 7) is 3.33. The van der Waals surface area contributed by atoms with Crippen molar-refractivity contribution in [2.45, 2.75) is 20.3 Å². The molecular weight excluding hydrogens is 330 g/mol. The smallest absolute Gasteiger partial charge is 0.169 e. The third-order valence-electron chi connectivity index (χ3n) is 2.88. The lowest BCUT2D eigenvalue weighted by Gasteiger charge is -2.07. The van der Waals surface area contributed by atoms with Crippen molar-refractivity contribution in [3.8, 4) is 0 Å². The number of carbonyl (C=O) groups is 1. The Kier molecular flexibility index (Phi) is 4.23. The van der Waals surface area contributed by atoms with Crippen molar-refractivity contribution in [3.63, 3.8) is 0 Å². The maximum atomic E-state index is 13.9. The van der Waals surface area contributed by atoms with Gasteiger partial charge in [-0.05, 0) is 48.0 Å². The van der Waals surface area contributed by atoms with Gasteiger partial charge in [-0.1, -0.05) is 0 Å². The maximum Gasteiger partial charge on any atom is 0.169 e. The van der Waals surface area contributed by atoms with Crippen LogP contribution in [0.1, 0.15) is 27.3 Å². The van der Waals surface area contributed by atoms with Crippen molar-refractivity contribution in [1.29, 1.82) is 0 Å². The molecule has 1 aromatic heterocycles. The van der Waals surface area contributed by atoms with E-state index in [9.17, 15) is 13.6 Å². The van der Waals surface area contributed by atoms with Gasteiger partial charge in [0.05, 0.1) is 15.9 Å². The molecule has 2 rings (SSSR count). The van der Waals surface area contributed by atoms with Gasteiger partial charge in [-0.2, -0.15) is 10.2 Å². The minimum atomic E-state index is -0.755. The summed E-state index contributed by atoms with van der Waals surface area (Å²) in [6, 6.07) is 3.96. The minimum Gasteiger partial charge on any atom is -0.294 e. The van der Waals surface area contributed by atoms with E-state index in [4.69, 9.17) is 0 Å². The Morgan fingerprint density at radius 3 is 2.65 bits per heavy atom. The summed E-state index contributed by atoms with van der Waals surface area (Å²) in [5.41, 5.74) is 1.10. The second-order valence-corrected chi connectivity index (χ2v) is 5.26. The van der Waals surface area contributed by atoms with E-state index in [1.807, 2.05) is 0 Å². The maximum absolute atomic E-state index is 13.9. The normalized spacial score (nSPS) is 10.7. The van der Waals surface area contributed by atoms with E-state index in [-0.39, 0.29) is 16.5 Å². The topological polar surface area (TPSA) is 42.9 Å². The Morgan fingerprint density at radius 1 is 1.25 bits per heavy atom. The number of benzene rings is 1. The van der Waals surface area contributed by atoms with Gasteiger partial charge < -0.3 is 0 Å². The molecule has 0 aliphatic heterocycles. The van der Waals surface area contributed by atoms with Gasteiger partial charge in [-0.25, -0.2) is 8.78 Å². The van der Waals surface area contributed by atoms with Crippen LogP contribution in [0, 0.1) is 25.5 Å². The van der Waals surface area contributed by atoms with Crippen LogP contribution in [-0.2, 0) is 6.42 Å². The summed E-state index contributed by atoms with van der Waals surface area (Å²) in [4.78, 5) is 12.2. The van der Waals surface area contributed by atoms with Crippen LogP contribution in [0.4, 0.5) is 8.78 Å². The summed E-state index contributed by atoms with van der Waals surface area (Å²) in [5, 5.41) is 7.66. The zero-order valence-corrected chi connectivity index (χ0v) is 12.5. The van der Waals surface area contributed by atoms with Gasteiger partial charge in [0.2, 0.25) is 0 Å². The molecule has 1 heterocycles. The highest BCUT2D eigenvalue weighted by Crippen LogP contribution is 2.23. The van der Waals surface area contributed by atoms with Crippen molar-refractivity contribution in [1.82, 2.24) is 10.2 Å². The lowest BCUT2D eigenvalue weighted by atomic mass is 10.0. The number of hydrogen-bond acceptors (Lipinski definition) is 3. The van der Waals surface area contributed by atoms with E-state index in [1.165, 1.54) is 6.07 Å². The number of aromatic nitrogens is 2. The summed E-state index contributed by atoms with van der Waals surface area (Å²) >= 11 is 2.98. The number of rotatable bonds is 3. The van der Waals surface area contributed by atoms with E-state index in [2.05, 4.69) is 26.1 Å². The predicted octanol–water partition coefficient (Wildman–Crippen LogP) is 3.56. The van der Waals surface area contributed by atoms with E-state index >= 15 is 0 Å². The molecule has 0 saturated carbocycles. The predicted molar refractivity (Wildman–Crippen MR) is 73.6 cm³/mol. The van der Waals surface area contributed by atoms with E-state index in [0.29, 0.717) is 17.0 Å². The Morgan fingerprint density at radius 2 is 1.95 bits per heavy atom. The summed E-state index contributed by atoms with van der Waals surface area (Å²) in [5.74, 6) is -1.89. The second-order valence-electron chi connectivity index (χ2n) is 4.41. The molecule has 20 heavy (non-hydrogen) atoms. The van der Waals surface area contributed by atoms with E-state index < -0.39 is 17.4 Å². The number of Topliss-reactive ketones (excluding diaryl/α,β-unsaturated/α-hetero) is 1. The molecule has 0 unspecified atom stereocenters. The fourth-order valence-corrected chi connectivity index (χ4v) is 2.19. The Balaban J connectivity index is 2.38. The van der Waals surface area contributed by atoms with Crippen LogP contribution in [0.3, 0.4) is 0 Å². The zero-order chi connectivity index (χ0) is 14.9. The second kappa shape index (κ2) is 5.75. The first-order valence-corrected chi connectivity index (χ1v) is 6.66. The van der Waals surface area contributed by atoms with Crippen molar-refractivity contribution in [3.05, 3.63) is 56.8 Å². The fourth-order valence-electron chi connectivity index (χ4n) is 1.82. The van der Waals surface area contributed by atoms with Crippen molar-refractivity contribution in [2.24, 2.45) is 0 Å². The number of nitrogens with zero attached hydrogens (tertiary/aromatic N) is 2. The lowest BCUT2D eigenvalue weighted by molar-refractivity contribution is 0.0989. The van der Waals surface area contributed by atoms with Crippen molar-refractivity contribution >= 4 is 21.7 Å². The molecule has 0 bridgehead atoms. The number of halogens is 3. The number of carbonyl (C=O) groups excluding carboxylic acids is 1. The molecule has 3 nitrogen and oxygen atoms in total. The summed E-state index contributed by atoms with van der Waals surface area (Å²) in [7, 11) is 0. The van der Waals surface area contributed by atoms with Crippen LogP contribution in [0.5, 0.6) is 0 Å². The first kappa shape index (κ1) is 14.7. The zero-order valence-electron chi connectivity index (χ0n) is 10.9. The number of ketones is 1. The number of aryl methyl sites for hydroxylation is 2. The molecule has 104 valence electrons. The van der Waals surface area contributed by atoms with Gasteiger partial charge >= 0.3 is 0 Å². The molecule has 0 amide bonds. The van der Waals surface area contributed by atoms with Crippen molar-refractivity contribution in [2.75, 3.05) is 0 Å². The first-order valence-electron chi connectivity index (χ1n) is 5.86. The largest absolute Gasteiger partial charge is 0.294 e. The van der Waals surface area contributed by atoms with Gasteiger partial charge in [0.15, 0.2) is 5.78 Å². The van der Waals surface area contributed by atoms with Gasteiger partial charge in [-0.3, -0.25) is 4.79 Å². The molecule has 0 atom stereocenters. The van der Waals surface area contributed by atoms with Gasteiger partial charge in [-0.15, -0.1) is 0 Å². The van der Waals surface area contributed by atoms with Crippen LogP contribution in [-0.4, -0.2) is 16.0 Å². The van der Waals surface area contributed by atoms with Crippen LogP contribution < -0.4 is 0 Å². The third kappa shape index (κ3) is 2.90. The molecule has 0 saturated heterocycles. The Labute approximate surface area is 123 Å². The highest BCUT2D eigenvalue weighted by molar-refractivity contribution is 9.10. The molecule has 0 radical (unpaired) electrons. The molecule has 0 aliphatic carbocycles. The molecule has 0 N–H and O–H groups in total. The average Bonchev–Trinajstić information content (AvgIpc) is 2.41. The molecule has 0 fully saturated rings. The standard InChI is InChI=1S/C14H11BrF2N2O/c1-7-5-9(8(2)19-18-7)13(20)6-10-12(16)4-3-11(15)14(10)17/h3-5H,6H2,1-2H3. The van der Waals surface area contributed by atoms with Crippen molar-refractivity contribution < 1.29 is 13.6 Å². The number of hydrogen-bond donors (Lipinski definition) is 0. The highest BCUT2D eigenvalue weighted by Gasteiger charge is 2.18. The quantitative estimate of drug-likeness (QED) is 0.633. The molecule has 1 aromatic carbocycles. The third-order valence-corrected chi connectivity index (χ3v) is 3.49. The van der Waals surface area contributed by atoms with Gasteiger partial charge in [0.25, 0.3) is 0 Å². The Bertz CT molecular complexity index is 689. The minimum absolute atomic E-state index is 0.127. The SMILES string of the molecule is Cc1cc(C(=O)Cc2c(F)ccc(Br)c2F)c(C)nn1. The van der Waals surface area contributed by atoms with Crippen LogP contribution in [0.2, 0.25) is 0 Å². The van der Waals surface area contributed by atoms with Crippen LogP contribution in [0.15, 0.2) is 22.7 Å². The van der Waals surface area contributed by atoms with Gasteiger partial charge in [0, 0.05) is 17.5 Å². The molecular formula is C14H11BrF2N2O. The molecule has 0 spiro atoms. The first-order chi connectivity index (χ1) is 9.40. The molecule has 6 heteroatoms. The Hall–Kier alpha value is -1.69. The molecule has 2 aromatic rings. The monoisotopic (exact) mass is 340 g/mol. The summed E-state index contributed by atoms with van der Waals surface area (Å²) < 4.78 is 27.6. The lowest BCUT2D eigenvalue weighted by Crippen LogP contribution is -2.11. The molecule has 0 aliphatic rings. The fraction of sp³-hybridized carbons (Fsp3) is 0.214. The van der Waals surface area contributed by atoms with Crippen LogP contribution >= 0.6 is 15.9 Å². The average molecular weight is 341 g/mol. The van der Waals surface area contributed by atoms with Crippen LogP contribution in [0.25, 0.3) is 0 Å². The van der Waals surface area contributed by atoms with E-state index in [0.717, 1.165) is 6.07 Å². The van der Waals surface area contributed by atoms with Gasteiger partial charge in [0.1, 0.15) is 11.6 Å². The summed E-state index contributed by atoms with van der Waals surface area (Å²) in [6.07, 6.45) is -0.358. The van der Waals surface area contributed by atoms with E-state index in [1.54, 1.807) is 19.9 Å². The highest BCUT2D eigenvalue weighted by atomic mass is 79.9.